The summed E-state index contributed by atoms with van der Waals surface area (Å²) in [4.78, 5) is 24.6. The molecule has 0 heterocycles. The number of rotatable bonds is 2. The summed E-state index contributed by atoms with van der Waals surface area (Å²) in [6.07, 6.45) is 0.802. The molecule has 0 aromatic heterocycles. The number of Topliss-reactive ketones (excluding diaryl/α,β-unsaturated/α-hetero) is 2. The predicted octanol–water partition coefficient (Wildman–Crippen LogP) is 4.15. The van der Waals surface area contributed by atoms with Gasteiger partial charge in [0.15, 0.2) is 11.6 Å². The molecule has 0 unspecified atom stereocenters. The zero-order chi connectivity index (χ0) is 16.6. The van der Waals surface area contributed by atoms with E-state index in [-0.39, 0.29) is 34.7 Å². The maximum Gasteiger partial charge on any atom is 0.170 e. The van der Waals surface area contributed by atoms with Crippen molar-refractivity contribution >= 4 is 22.3 Å². The van der Waals surface area contributed by atoms with E-state index in [1.165, 1.54) is 0 Å². The number of benzene rings is 2. The SMILES string of the molecule is CC1(C)CC(=O)C(=C(O)Cc2cccc3ccccc23)C(=O)C1. The van der Waals surface area contributed by atoms with Crippen LogP contribution in [0.15, 0.2) is 53.8 Å². The van der Waals surface area contributed by atoms with Crippen LogP contribution in [0, 0.1) is 5.41 Å². The lowest BCUT2D eigenvalue weighted by Gasteiger charge is -2.28. The molecule has 3 nitrogen and oxygen atoms in total. The van der Waals surface area contributed by atoms with Crippen LogP contribution in [0.1, 0.15) is 32.3 Å². The third kappa shape index (κ3) is 3.04. The molecule has 0 saturated heterocycles. The molecule has 0 amide bonds. The molecule has 0 aliphatic heterocycles. The van der Waals surface area contributed by atoms with Crippen molar-refractivity contribution in [2.45, 2.75) is 33.1 Å². The van der Waals surface area contributed by atoms with E-state index in [0.717, 1.165) is 16.3 Å². The summed E-state index contributed by atoms with van der Waals surface area (Å²) < 4.78 is 0. The number of carbonyl (C=O) groups is 2. The Balaban J connectivity index is 1.98. The molecule has 1 aliphatic carbocycles. The zero-order valence-corrected chi connectivity index (χ0v) is 13.4. The molecule has 0 radical (unpaired) electrons. The van der Waals surface area contributed by atoms with E-state index in [1.807, 2.05) is 56.3 Å². The van der Waals surface area contributed by atoms with Crippen molar-refractivity contribution in [2.75, 3.05) is 0 Å². The van der Waals surface area contributed by atoms with Crippen LogP contribution in [0.2, 0.25) is 0 Å². The third-order valence-electron chi connectivity index (χ3n) is 4.36. The number of hydrogen-bond acceptors (Lipinski definition) is 3. The van der Waals surface area contributed by atoms with Gasteiger partial charge in [-0.1, -0.05) is 56.3 Å². The van der Waals surface area contributed by atoms with Crippen molar-refractivity contribution in [3.05, 3.63) is 59.4 Å². The summed E-state index contributed by atoms with van der Waals surface area (Å²) in [5, 5.41) is 12.5. The molecular formula is C20H20O3. The molecule has 2 aromatic carbocycles. The smallest absolute Gasteiger partial charge is 0.170 e. The van der Waals surface area contributed by atoms with Crippen LogP contribution in [0.5, 0.6) is 0 Å². The monoisotopic (exact) mass is 308 g/mol. The van der Waals surface area contributed by atoms with Gasteiger partial charge in [0.25, 0.3) is 0 Å². The molecule has 2 aromatic rings. The average molecular weight is 308 g/mol. The molecule has 3 rings (SSSR count). The standard InChI is InChI=1S/C20H20O3/c1-20(2)11-17(22)19(18(23)12-20)16(21)10-14-8-5-7-13-6-3-4-9-15(13)14/h3-9,21H,10-12H2,1-2H3. The number of hydrogen-bond donors (Lipinski definition) is 1. The number of ketones is 2. The number of allylic oxidation sites excluding steroid dienone is 2. The van der Waals surface area contributed by atoms with Crippen LogP contribution in [0.3, 0.4) is 0 Å². The van der Waals surface area contributed by atoms with Crippen LogP contribution in [-0.4, -0.2) is 16.7 Å². The van der Waals surface area contributed by atoms with Gasteiger partial charge in [-0.15, -0.1) is 0 Å². The van der Waals surface area contributed by atoms with E-state index in [1.54, 1.807) is 0 Å². The molecular weight excluding hydrogens is 288 g/mol. The Morgan fingerprint density at radius 2 is 1.61 bits per heavy atom. The number of aliphatic hydroxyl groups is 1. The molecule has 118 valence electrons. The van der Waals surface area contributed by atoms with E-state index in [9.17, 15) is 14.7 Å². The molecule has 23 heavy (non-hydrogen) atoms. The summed E-state index contributed by atoms with van der Waals surface area (Å²) in [5.41, 5.74) is 0.591. The van der Waals surface area contributed by atoms with Crippen LogP contribution >= 0.6 is 0 Å². The van der Waals surface area contributed by atoms with E-state index < -0.39 is 0 Å². The van der Waals surface area contributed by atoms with Crippen molar-refractivity contribution < 1.29 is 14.7 Å². The Morgan fingerprint density at radius 1 is 1.00 bits per heavy atom. The number of aliphatic hydroxyl groups excluding tert-OH is 1. The quantitative estimate of drug-likeness (QED) is 0.515. The summed E-state index contributed by atoms with van der Waals surface area (Å²) in [7, 11) is 0. The normalized spacial score (nSPS) is 17.6. The van der Waals surface area contributed by atoms with Crippen molar-refractivity contribution in [3.8, 4) is 0 Å². The second-order valence-electron chi connectivity index (χ2n) is 7.00. The number of carbonyl (C=O) groups excluding carboxylic acids is 2. The first kappa shape index (κ1) is 15.5. The van der Waals surface area contributed by atoms with E-state index in [2.05, 4.69) is 0 Å². The van der Waals surface area contributed by atoms with Crippen molar-refractivity contribution in [1.82, 2.24) is 0 Å². The zero-order valence-electron chi connectivity index (χ0n) is 13.4. The molecule has 3 heteroatoms. The van der Waals surface area contributed by atoms with Crippen LogP contribution in [0.25, 0.3) is 10.8 Å². The Hall–Kier alpha value is -2.42. The fraction of sp³-hybridized carbons (Fsp3) is 0.300. The van der Waals surface area contributed by atoms with E-state index in [4.69, 9.17) is 0 Å². The third-order valence-corrected chi connectivity index (χ3v) is 4.36. The van der Waals surface area contributed by atoms with E-state index >= 15 is 0 Å². The van der Waals surface area contributed by atoms with Gasteiger partial charge >= 0.3 is 0 Å². The Kier molecular flexibility index (Phi) is 3.80. The average Bonchev–Trinajstić information content (AvgIpc) is 2.45. The van der Waals surface area contributed by atoms with Gasteiger partial charge in [-0.3, -0.25) is 9.59 Å². The van der Waals surface area contributed by atoms with Crippen molar-refractivity contribution in [1.29, 1.82) is 0 Å². The highest BCUT2D eigenvalue weighted by molar-refractivity contribution is 6.22. The summed E-state index contributed by atoms with van der Waals surface area (Å²) in [5.74, 6) is -0.597. The largest absolute Gasteiger partial charge is 0.511 e. The summed E-state index contributed by atoms with van der Waals surface area (Å²) >= 11 is 0. The summed E-state index contributed by atoms with van der Waals surface area (Å²) in [6.45, 7) is 3.81. The maximum atomic E-state index is 12.3. The number of fused-ring (bicyclic) bond motifs is 1. The molecule has 1 fully saturated rings. The maximum absolute atomic E-state index is 12.3. The second-order valence-corrected chi connectivity index (χ2v) is 7.00. The minimum Gasteiger partial charge on any atom is -0.511 e. The van der Waals surface area contributed by atoms with Gasteiger partial charge in [0.2, 0.25) is 0 Å². The highest BCUT2D eigenvalue weighted by atomic mass is 16.3. The lowest BCUT2D eigenvalue weighted by Crippen LogP contribution is -2.32. The van der Waals surface area contributed by atoms with Gasteiger partial charge in [-0.05, 0) is 21.8 Å². The topological polar surface area (TPSA) is 54.4 Å². The molecule has 1 aliphatic rings. The Morgan fingerprint density at radius 3 is 2.30 bits per heavy atom. The lowest BCUT2D eigenvalue weighted by molar-refractivity contribution is -0.127. The first-order valence-electron chi connectivity index (χ1n) is 7.82. The van der Waals surface area contributed by atoms with Crippen LogP contribution in [0.4, 0.5) is 0 Å². The first-order valence-corrected chi connectivity index (χ1v) is 7.82. The first-order chi connectivity index (χ1) is 10.9. The van der Waals surface area contributed by atoms with Crippen molar-refractivity contribution in [2.24, 2.45) is 5.41 Å². The summed E-state index contributed by atoms with van der Waals surface area (Å²) in [6, 6.07) is 13.7. The van der Waals surface area contributed by atoms with E-state index in [0.29, 0.717) is 12.8 Å². The van der Waals surface area contributed by atoms with Gasteiger partial charge in [0.1, 0.15) is 5.76 Å². The van der Waals surface area contributed by atoms with Crippen molar-refractivity contribution in [3.63, 3.8) is 0 Å². The van der Waals surface area contributed by atoms with Crippen LogP contribution < -0.4 is 0 Å². The van der Waals surface area contributed by atoms with Gasteiger partial charge in [0.05, 0.1) is 5.57 Å². The van der Waals surface area contributed by atoms with Gasteiger partial charge in [-0.2, -0.15) is 0 Å². The molecule has 0 atom stereocenters. The fourth-order valence-corrected chi connectivity index (χ4v) is 3.30. The molecule has 1 saturated carbocycles. The van der Waals surface area contributed by atoms with Gasteiger partial charge < -0.3 is 5.11 Å². The molecule has 0 bridgehead atoms. The molecule has 0 spiro atoms. The second kappa shape index (κ2) is 5.65. The minimum atomic E-state index is -0.322. The predicted molar refractivity (Wildman–Crippen MR) is 90.3 cm³/mol. The Bertz CT molecular complexity index is 800. The minimum absolute atomic E-state index is 0.00254. The molecule has 1 N–H and O–H groups in total. The highest BCUT2D eigenvalue weighted by Crippen LogP contribution is 2.35. The van der Waals surface area contributed by atoms with Gasteiger partial charge in [0, 0.05) is 19.3 Å². The fourth-order valence-electron chi connectivity index (χ4n) is 3.30. The Labute approximate surface area is 135 Å². The van der Waals surface area contributed by atoms with Crippen LogP contribution in [-0.2, 0) is 16.0 Å². The highest BCUT2D eigenvalue weighted by Gasteiger charge is 2.37. The lowest BCUT2D eigenvalue weighted by atomic mass is 9.73. The van der Waals surface area contributed by atoms with Gasteiger partial charge in [-0.25, -0.2) is 0 Å².